The quantitative estimate of drug-likeness (QED) is 0.898. The number of primary sulfonamides is 1. The first-order chi connectivity index (χ1) is 7.45. The van der Waals surface area contributed by atoms with Crippen molar-refractivity contribution in [2.45, 2.75) is 11.8 Å². The van der Waals surface area contributed by atoms with Gasteiger partial charge in [-0.15, -0.1) is 0 Å². The fourth-order valence-corrected chi connectivity index (χ4v) is 1.96. The Morgan fingerprint density at radius 3 is 2.75 bits per heavy atom. The zero-order valence-electron chi connectivity index (χ0n) is 8.68. The summed E-state index contributed by atoms with van der Waals surface area (Å²) in [5.41, 5.74) is 2.09. The Hall–Kier alpha value is -1.04. The van der Waals surface area contributed by atoms with E-state index in [9.17, 15) is 8.42 Å². The minimum Gasteiger partial charge on any atom is -0.488 e. The van der Waals surface area contributed by atoms with Crippen molar-refractivity contribution in [3.63, 3.8) is 0 Å². The van der Waals surface area contributed by atoms with Crippen LogP contribution in [0.15, 0.2) is 34.7 Å². The van der Waals surface area contributed by atoms with Crippen LogP contribution in [0.1, 0.15) is 5.56 Å². The van der Waals surface area contributed by atoms with Gasteiger partial charge >= 0.3 is 0 Å². The number of sulfonamides is 1. The highest BCUT2D eigenvalue weighted by atomic mass is 35.5. The number of benzene rings is 1. The van der Waals surface area contributed by atoms with Crippen molar-refractivity contribution in [1.29, 1.82) is 0 Å². The van der Waals surface area contributed by atoms with Crippen LogP contribution in [-0.2, 0) is 10.0 Å². The SMILES string of the molecule is Cc1ccc(OC/C=C/Cl)c(S(N)(=O)=O)c1. The summed E-state index contributed by atoms with van der Waals surface area (Å²) in [6, 6.07) is 4.78. The molecule has 0 aromatic heterocycles. The van der Waals surface area contributed by atoms with Crippen LogP contribution in [-0.4, -0.2) is 15.0 Å². The van der Waals surface area contributed by atoms with Crippen LogP contribution >= 0.6 is 11.6 Å². The van der Waals surface area contributed by atoms with E-state index >= 15 is 0 Å². The Labute approximate surface area is 99.7 Å². The fourth-order valence-electron chi connectivity index (χ4n) is 1.13. The fraction of sp³-hybridized carbons (Fsp3) is 0.200. The molecule has 2 N–H and O–H groups in total. The minimum absolute atomic E-state index is 0.0181. The Morgan fingerprint density at radius 2 is 2.19 bits per heavy atom. The van der Waals surface area contributed by atoms with Gasteiger partial charge in [-0.2, -0.15) is 0 Å². The molecule has 0 amide bonds. The predicted octanol–water partition coefficient (Wildman–Crippen LogP) is 1.77. The standard InChI is InChI=1S/C10H12ClNO3S/c1-8-3-4-9(15-6-2-5-11)10(7-8)16(12,13)14/h2-5,7H,6H2,1H3,(H2,12,13,14)/b5-2+. The topological polar surface area (TPSA) is 69.4 Å². The van der Waals surface area contributed by atoms with Gasteiger partial charge in [-0.3, -0.25) is 0 Å². The number of halogens is 1. The highest BCUT2D eigenvalue weighted by molar-refractivity contribution is 7.89. The summed E-state index contributed by atoms with van der Waals surface area (Å²) in [7, 11) is -3.78. The third-order valence-corrected chi connectivity index (χ3v) is 2.94. The second kappa shape index (κ2) is 5.34. The van der Waals surface area contributed by atoms with E-state index in [0.717, 1.165) is 5.56 Å². The normalized spacial score (nSPS) is 11.9. The molecule has 88 valence electrons. The average Bonchev–Trinajstić information content (AvgIpc) is 2.19. The van der Waals surface area contributed by atoms with Crippen LogP contribution in [0.25, 0.3) is 0 Å². The van der Waals surface area contributed by atoms with Gasteiger partial charge in [0.2, 0.25) is 10.0 Å². The van der Waals surface area contributed by atoms with E-state index in [-0.39, 0.29) is 17.3 Å². The van der Waals surface area contributed by atoms with Gasteiger partial charge in [-0.05, 0) is 30.7 Å². The van der Waals surface area contributed by atoms with Crippen molar-refractivity contribution in [2.75, 3.05) is 6.61 Å². The molecule has 0 heterocycles. The van der Waals surface area contributed by atoms with Crippen molar-refractivity contribution in [3.8, 4) is 5.75 Å². The van der Waals surface area contributed by atoms with E-state index in [1.54, 1.807) is 25.1 Å². The molecule has 0 spiro atoms. The molecule has 1 aromatic rings. The maximum Gasteiger partial charge on any atom is 0.241 e. The second-order valence-electron chi connectivity index (χ2n) is 3.17. The van der Waals surface area contributed by atoms with Crippen LogP contribution in [0.3, 0.4) is 0 Å². The van der Waals surface area contributed by atoms with Crippen LogP contribution in [0, 0.1) is 6.92 Å². The highest BCUT2D eigenvalue weighted by Crippen LogP contribution is 2.23. The van der Waals surface area contributed by atoms with Gasteiger partial charge in [0.25, 0.3) is 0 Å². The van der Waals surface area contributed by atoms with Crippen molar-refractivity contribution in [3.05, 3.63) is 35.4 Å². The number of aryl methyl sites for hydroxylation is 1. The number of nitrogens with two attached hydrogens (primary N) is 1. The molecule has 0 aliphatic carbocycles. The van der Waals surface area contributed by atoms with Gasteiger partial charge in [0.15, 0.2) is 0 Å². The highest BCUT2D eigenvalue weighted by Gasteiger charge is 2.14. The number of hydrogen-bond donors (Lipinski definition) is 1. The maximum absolute atomic E-state index is 11.3. The van der Waals surface area contributed by atoms with Crippen molar-refractivity contribution in [2.24, 2.45) is 5.14 Å². The Morgan fingerprint density at radius 1 is 1.50 bits per heavy atom. The summed E-state index contributed by atoms with van der Waals surface area (Å²) >= 11 is 5.32. The molecule has 16 heavy (non-hydrogen) atoms. The largest absolute Gasteiger partial charge is 0.488 e. The molecule has 6 heteroatoms. The zero-order chi connectivity index (χ0) is 12.2. The van der Waals surface area contributed by atoms with Gasteiger partial charge in [0, 0.05) is 5.54 Å². The summed E-state index contributed by atoms with van der Waals surface area (Å²) in [6.45, 7) is 1.96. The van der Waals surface area contributed by atoms with Crippen molar-refractivity contribution >= 4 is 21.6 Å². The van der Waals surface area contributed by atoms with E-state index < -0.39 is 10.0 Å². The van der Waals surface area contributed by atoms with Gasteiger partial charge in [0.1, 0.15) is 17.3 Å². The Balaban J connectivity index is 3.08. The molecule has 0 bridgehead atoms. The van der Waals surface area contributed by atoms with E-state index in [0.29, 0.717) is 0 Å². The van der Waals surface area contributed by atoms with E-state index in [1.807, 2.05) is 0 Å². The summed E-state index contributed by atoms with van der Waals surface area (Å²) in [5.74, 6) is 0.225. The first kappa shape index (κ1) is 13.0. The summed E-state index contributed by atoms with van der Waals surface area (Å²) in [6.07, 6.45) is 1.55. The smallest absolute Gasteiger partial charge is 0.241 e. The molecule has 0 unspecified atom stereocenters. The summed E-state index contributed by atoms with van der Waals surface area (Å²) < 4.78 is 27.8. The van der Waals surface area contributed by atoms with Crippen LogP contribution in [0.2, 0.25) is 0 Å². The summed E-state index contributed by atoms with van der Waals surface area (Å²) in [5, 5.41) is 5.08. The maximum atomic E-state index is 11.3. The second-order valence-corrected chi connectivity index (χ2v) is 4.95. The Kier molecular flexibility index (Phi) is 4.35. The molecule has 0 fully saturated rings. The number of rotatable bonds is 4. The van der Waals surface area contributed by atoms with Crippen LogP contribution < -0.4 is 9.88 Å². The van der Waals surface area contributed by atoms with Crippen molar-refractivity contribution < 1.29 is 13.2 Å². The van der Waals surface area contributed by atoms with Crippen LogP contribution in [0.5, 0.6) is 5.75 Å². The number of hydrogen-bond acceptors (Lipinski definition) is 3. The van der Waals surface area contributed by atoms with E-state index in [1.165, 1.54) is 11.6 Å². The predicted molar refractivity (Wildman–Crippen MR) is 63.0 cm³/mol. The average molecular weight is 262 g/mol. The lowest BCUT2D eigenvalue weighted by Gasteiger charge is -2.09. The third-order valence-electron chi connectivity index (χ3n) is 1.83. The Bertz CT molecular complexity index is 497. The first-order valence-corrected chi connectivity index (χ1v) is 6.45. The molecule has 0 radical (unpaired) electrons. The molecule has 1 rings (SSSR count). The first-order valence-electron chi connectivity index (χ1n) is 4.46. The third kappa shape index (κ3) is 3.52. The molecular formula is C10H12ClNO3S. The minimum atomic E-state index is -3.78. The molecule has 4 nitrogen and oxygen atoms in total. The van der Waals surface area contributed by atoms with E-state index in [2.05, 4.69) is 0 Å². The van der Waals surface area contributed by atoms with Gasteiger partial charge < -0.3 is 4.74 Å². The molecule has 0 aliphatic heterocycles. The van der Waals surface area contributed by atoms with Gasteiger partial charge in [-0.25, -0.2) is 13.6 Å². The molecule has 0 atom stereocenters. The lowest BCUT2D eigenvalue weighted by atomic mass is 10.2. The van der Waals surface area contributed by atoms with Crippen LogP contribution in [0.4, 0.5) is 0 Å². The summed E-state index contributed by atoms with van der Waals surface area (Å²) in [4.78, 5) is -0.0181. The lowest BCUT2D eigenvalue weighted by molar-refractivity contribution is 0.353. The van der Waals surface area contributed by atoms with Crippen molar-refractivity contribution in [1.82, 2.24) is 0 Å². The van der Waals surface area contributed by atoms with Gasteiger partial charge in [-0.1, -0.05) is 17.7 Å². The monoisotopic (exact) mass is 261 g/mol. The molecular weight excluding hydrogens is 250 g/mol. The van der Waals surface area contributed by atoms with Gasteiger partial charge in [0.05, 0.1) is 0 Å². The molecule has 0 saturated carbocycles. The molecule has 0 aliphatic rings. The number of ether oxygens (including phenoxy) is 1. The van der Waals surface area contributed by atoms with E-state index in [4.69, 9.17) is 21.5 Å². The zero-order valence-corrected chi connectivity index (χ0v) is 10.3. The molecule has 1 aromatic carbocycles. The molecule has 0 saturated heterocycles. The lowest BCUT2D eigenvalue weighted by Crippen LogP contribution is -2.14.